The Balaban J connectivity index is 1.65. The normalized spacial score (nSPS) is 15.6. The standard InChI is InChI=1S/C20H19BrN6O2S/c21-18-11-23-20-19(25-18)17(13-27(20)30(28,29)16-4-2-1-3-5-16)14-10-24-26(12-14)15-6-8-22-9-7-15/h1-5,10-13,15,22H,6-9H2. The molecule has 1 aromatic carbocycles. The fraction of sp³-hybridized carbons (Fsp3) is 0.250. The molecule has 0 atom stereocenters. The molecule has 154 valence electrons. The van der Waals surface area contributed by atoms with Gasteiger partial charge in [-0.05, 0) is 54.0 Å². The van der Waals surface area contributed by atoms with Crippen molar-refractivity contribution in [2.75, 3.05) is 13.1 Å². The quantitative estimate of drug-likeness (QED) is 0.475. The van der Waals surface area contributed by atoms with Crippen LogP contribution in [-0.2, 0) is 10.0 Å². The summed E-state index contributed by atoms with van der Waals surface area (Å²) in [5.41, 5.74) is 2.28. The zero-order valence-corrected chi connectivity index (χ0v) is 18.3. The van der Waals surface area contributed by atoms with E-state index in [0.717, 1.165) is 31.5 Å². The Labute approximate surface area is 182 Å². The van der Waals surface area contributed by atoms with Crippen molar-refractivity contribution in [3.63, 3.8) is 0 Å². The van der Waals surface area contributed by atoms with E-state index in [-0.39, 0.29) is 10.5 Å². The Bertz CT molecular complexity index is 1310. The number of halogens is 1. The van der Waals surface area contributed by atoms with E-state index in [9.17, 15) is 8.42 Å². The second-order valence-corrected chi connectivity index (χ2v) is 9.84. The molecule has 4 aromatic rings. The highest BCUT2D eigenvalue weighted by Gasteiger charge is 2.25. The molecule has 1 aliphatic heterocycles. The van der Waals surface area contributed by atoms with Crippen LogP contribution in [0.5, 0.6) is 0 Å². The smallest absolute Gasteiger partial charge is 0.269 e. The first-order valence-electron chi connectivity index (χ1n) is 9.63. The number of rotatable bonds is 4. The SMILES string of the molecule is O=S(=O)(c1ccccc1)n1cc(-c2cnn(C3CCNCC3)c2)c2nc(Br)cnc21. The molecular weight excluding hydrogens is 468 g/mol. The molecular formula is C20H19BrN6O2S. The molecule has 0 radical (unpaired) electrons. The maximum Gasteiger partial charge on any atom is 0.269 e. The molecule has 0 aliphatic carbocycles. The lowest BCUT2D eigenvalue weighted by Crippen LogP contribution is -2.29. The van der Waals surface area contributed by atoms with E-state index in [4.69, 9.17) is 0 Å². The molecule has 10 heteroatoms. The maximum absolute atomic E-state index is 13.3. The molecule has 0 unspecified atom stereocenters. The number of fused-ring (bicyclic) bond motifs is 1. The molecule has 0 amide bonds. The van der Waals surface area contributed by atoms with Crippen molar-refractivity contribution < 1.29 is 8.42 Å². The third-order valence-corrected chi connectivity index (χ3v) is 7.38. The van der Waals surface area contributed by atoms with E-state index in [1.54, 1.807) is 42.7 Å². The van der Waals surface area contributed by atoms with Gasteiger partial charge in [-0.15, -0.1) is 0 Å². The third-order valence-electron chi connectivity index (χ3n) is 5.33. The van der Waals surface area contributed by atoms with Crippen LogP contribution in [0.25, 0.3) is 22.3 Å². The van der Waals surface area contributed by atoms with Gasteiger partial charge in [-0.25, -0.2) is 22.4 Å². The van der Waals surface area contributed by atoms with Gasteiger partial charge in [0, 0.05) is 23.5 Å². The summed E-state index contributed by atoms with van der Waals surface area (Å²) >= 11 is 3.35. The lowest BCUT2D eigenvalue weighted by atomic mass is 10.1. The highest BCUT2D eigenvalue weighted by molar-refractivity contribution is 9.10. The van der Waals surface area contributed by atoms with Gasteiger partial charge in [0.2, 0.25) is 0 Å². The average molecular weight is 487 g/mol. The van der Waals surface area contributed by atoms with Crippen molar-refractivity contribution in [1.82, 2.24) is 29.0 Å². The van der Waals surface area contributed by atoms with Crippen molar-refractivity contribution in [2.24, 2.45) is 0 Å². The van der Waals surface area contributed by atoms with Gasteiger partial charge in [0.15, 0.2) is 5.65 Å². The minimum Gasteiger partial charge on any atom is -0.317 e. The van der Waals surface area contributed by atoms with E-state index in [0.29, 0.717) is 21.7 Å². The van der Waals surface area contributed by atoms with Crippen molar-refractivity contribution in [1.29, 1.82) is 0 Å². The van der Waals surface area contributed by atoms with Crippen LogP contribution in [0.15, 0.2) is 64.6 Å². The summed E-state index contributed by atoms with van der Waals surface area (Å²) in [6.45, 7) is 1.93. The number of benzene rings is 1. The van der Waals surface area contributed by atoms with Crippen LogP contribution >= 0.6 is 15.9 Å². The second kappa shape index (κ2) is 7.60. The zero-order valence-electron chi connectivity index (χ0n) is 15.9. The Morgan fingerprint density at radius 3 is 2.60 bits per heavy atom. The predicted octanol–water partition coefficient (Wildman–Crippen LogP) is 3.22. The first-order valence-corrected chi connectivity index (χ1v) is 11.9. The monoisotopic (exact) mass is 486 g/mol. The molecule has 1 N–H and O–H groups in total. The van der Waals surface area contributed by atoms with Gasteiger partial charge in [-0.2, -0.15) is 5.10 Å². The molecule has 0 bridgehead atoms. The molecule has 4 heterocycles. The van der Waals surface area contributed by atoms with Crippen molar-refractivity contribution >= 4 is 37.1 Å². The highest BCUT2D eigenvalue weighted by Crippen LogP contribution is 2.32. The number of nitrogens with zero attached hydrogens (tertiary/aromatic N) is 5. The fourth-order valence-electron chi connectivity index (χ4n) is 3.79. The number of hydrogen-bond acceptors (Lipinski definition) is 6. The zero-order chi connectivity index (χ0) is 20.7. The minimum atomic E-state index is -3.82. The Hall–Kier alpha value is -2.56. The molecule has 3 aromatic heterocycles. The molecule has 1 fully saturated rings. The Kier molecular flexibility index (Phi) is 4.92. The van der Waals surface area contributed by atoms with Crippen LogP contribution in [0, 0.1) is 0 Å². The van der Waals surface area contributed by atoms with Gasteiger partial charge in [-0.3, -0.25) is 4.68 Å². The Morgan fingerprint density at radius 2 is 1.83 bits per heavy atom. The van der Waals surface area contributed by atoms with E-state index in [2.05, 4.69) is 36.3 Å². The highest BCUT2D eigenvalue weighted by atomic mass is 79.9. The van der Waals surface area contributed by atoms with Crippen LogP contribution < -0.4 is 5.32 Å². The van der Waals surface area contributed by atoms with Gasteiger partial charge in [0.25, 0.3) is 10.0 Å². The van der Waals surface area contributed by atoms with Crippen LogP contribution in [0.1, 0.15) is 18.9 Å². The molecule has 30 heavy (non-hydrogen) atoms. The van der Waals surface area contributed by atoms with Gasteiger partial charge < -0.3 is 5.32 Å². The summed E-state index contributed by atoms with van der Waals surface area (Å²) in [4.78, 5) is 9.08. The van der Waals surface area contributed by atoms with Crippen molar-refractivity contribution in [3.05, 3.63) is 59.7 Å². The summed E-state index contributed by atoms with van der Waals surface area (Å²) in [6.07, 6.45) is 8.84. The van der Waals surface area contributed by atoms with Crippen molar-refractivity contribution in [3.8, 4) is 11.1 Å². The van der Waals surface area contributed by atoms with Crippen LogP contribution in [0.4, 0.5) is 0 Å². The van der Waals surface area contributed by atoms with E-state index in [1.165, 1.54) is 10.2 Å². The number of hydrogen-bond donors (Lipinski definition) is 1. The number of nitrogens with one attached hydrogen (secondary N) is 1. The average Bonchev–Trinajstić information content (AvgIpc) is 3.40. The minimum absolute atomic E-state index is 0.198. The fourth-order valence-corrected chi connectivity index (χ4v) is 5.40. The van der Waals surface area contributed by atoms with Gasteiger partial charge in [0.05, 0.1) is 23.3 Å². The Morgan fingerprint density at radius 1 is 1.07 bits per heavy atom. The summed E-state index contributed by atoms with van der Waals surface area (Å²) < 4.78 is 30.3. The predicted molar refractivity (Wildman–Crippen MR) is 117 cm³/mol. The van der Waals surface area contributed by atoms with Crippen LogP contribution in [0.2, 0.25) is 0 Å². The lowest BCUT2D eigenvalue weighted by Gasteiger charge is -2.22. The molecule has 5 rings (SSSR count). The largest absolute Gasteiger partial charge is 0.317 e. The third kappa shape index (κ3) is 3.34. The number of piperidine rings is 1. The lowest BCUT2D eigenvalue weighted by molar-refractivity contribution is 0.343. The van der Waals surface area contributed by atoms with Gasteiger partial charge >= 0.3 is 0 Å². The summed E-state index contributed by atoms with van der Waals surface area (Å²) in [7, 11) is -3.82. The number of aromatic nitrogens is 5. The summed E-state index contributed by atoms with van der Waals surface area (Å²) in [6, 6.07) is 8.66. The molecule has 1 saturated heterocycles. The van der Waals surface area contributed by atoms with E-state index >= 15 is 0 Å². The van der Waals surface area contributed by atoms with Gasteiger partial charge in [-0.1, -0.05) is 18.2 Å². The molecule has 1 aliphatic rings. The van der Waals surface area contributed by atoms with Crippen LogP contribution in [0.3, 0.4) is 0 Å². The van der Waals surface area contributed by atoms with E-state index in [1.807, 2.05) is 10.9 Å². The first-order chi connectivity index (χ1) is 14.5. The topological polar surface area (TPSA) is 94.7 Å². The van der Waals surface area contributed by atoms with Crippen LogP contribution in [-0.4, -0.2) is 45.2 Å². The molecule has 0 saturated carbocycles. The molecule has 8 nitrogen and oxygen atoms in total. The summed E-state index contributed by atoms with van der Waals surface area (Å²) in [5, 5.41) is 7.90. The second-order valence-electron chi connectivity index (χ2n) is 7.21. The van der Waals surface area contributed by atoms with E-state index < -0.39 is 10.0 Å². The summed E-state index contributed by atoms with van der Waals surface area (Å²) in [5.74, 6) is 0. The van der Waals surface area contributed by atoms with Gasteiger partial charge in [0.1, 0.15) is 10.1 Å². The van der Waals surface area contributed by atoms with Crippen molar-refractivity contribution in [2.45, 2.75) is 23.8 Å². The first kappa shape index (κ1) is 19.4. The molecule has 0 spiro atoms. The maximum atomic E-state index is 13.3.